The summed E-state index contributed by atoms with van der Waals surface area (Å²) in [5.41, 5.74) is 3.81. The highest BCUT2D eigenvalue weighted by Gasteiger charge is 2.52. The second-order valence-corrected chi connectivity index (χ2v) is 8.11. The number of primary amides is 1. The number of ether oxygens (including phenoxy) is 2. The van der Waals surface area contributed by atoms with E-state index in [-0.39, 0.29) is 16.9 Å². The smallest absolute Gasteiger partial charge is 0.387 e. The van der Waals surface area contributed by atoms with Crippen LogP contribution >= 0.6 is 0 Å². The van der Waals surface area contributed by atoms with Crippen LogP contribution in [0.4, 0.5) is 23.2 Å². The molecule has 1 aromatic heterocycles. The van der Waals surface area contributed by atoms with Gasteiger partial charge in [-0.05, 0) is 25.8 Å². The maximum absolute atomic E-state index is 14.4. The first-order chi connectivity index (χ1) is 15.3. The summed E-state index contributed by atoms with van der Waals surface area (Å²) in [5, 5.41) is 12.1. The van der Waals surface area contributed by atoms with Gasteiger partial charge in [-0.2, -0.15) is 13.2 Å². The quantitative estimate of drug-likeness (QED) is 0.340. The van der Waals surface area contributed by atoms with Crippen LogP contribution < -0.4 is 20.5 Å². The monoisotopic (exact) mass is 472 g/mol. The minimum Gasteiger partial charge on any atom is -0.431 e. The Kier molecular flexibility index (Phi) is 6.50. The SMILES string of the molecule is C[C@@H]1[C@@H](c2ccc(F)c(F)c2OC(F)F)[C@@H](C(=O)Nc2cc[n+](O)c(C(N)=O)c2)OC1(C)C. The third-order valence-electron chi connectivity index (χ3n) is 5.75. The molecule has 2 amide bonds. The number of pyridine rings is 1. The molecule has 1 aliphatic rings. The lowest BCUT2D eigenvalue weighted by Gasteiger charge is -2.26. The normalized spacial score (nSPS) is 21.8. The molecule has 0 saturated carbocycles. The number of carbonyl (C=O) groups excluding carboxylic acids is 2. The number of alkyl halides is 2. The number of nitrogens with zero attached hydrogens (tertiary/aromatic N) is 1. The Labute approximate surface area is 185 Å². The Bertz CT molecular complexity index is 1100. The van der Waals surface area contributed by atoms with E-state index in [1.807, 2.05) is 0 Å². The number of nitrogens with one attached hydrogen (secondary N) is 1. The van der Waals surface area contributed by atoms with Crippen LogP contribution in [-0.4, -0.2) is 35.3 Å². The molecule has 1 fully saturated rings. The van der Waals surface area contributed by atoms with Gasteiger partial charge in [0.05, 0.1) is 11.3 Å². The van der Waals surface area contributed by atoms with Crippen LogP contribution in [0.15, 0.2) is 30.5 Å². The topological polar surface area (TPSA) is 115 Å². The Balaban J connectivity index is 2.02. The zero-order valence-corrected chi connectivity index (χ0v) is 17.8. The van der Waals surface area contributed by atoms with Gasteiger partial charge in [0.15, 0.2) is 11.6 Å². The maximum Gasteiger partial charge on any atom is 0.387 e. The van der Waals surface area contributed by atoms with Crippen LogP contribution in [-0.2, 0) is 9.53 Å². The minimum absolute atomic E-state index is 0.0770. The number of rotatable bonds is 6. The van der Waals surface area contributed by atoms with Gasteiger partial charge in [-0.15, -0.1) is 0 Å². The van der Waals surface area contributed by atoms with Gasteiger partial charge in [-0.3, -0.25) is 14.8 Å². The van der Waals surface area contributed by atoms with Crippen molar-refractivity contribution >= 4 is 17.5 Å². The fraction of sp³-hybridized carbons (Fsp3) is 0.381. The van der Waals surface area contributed by atoms with Gasteiger partial charge < -0.3 is 20.5 Å². The van der Waals surface area contributed by atoms with Gasteiger partial charge in [-0.25, -0.2) is 4.39 Å². The molecule has 0 radical (unpaired) electrons. The minimum atomic E-state index is -3.43. The van der Waals surface area contributed by atoms with E-state index in [1.165, 1.54) is 6.07 Å². The molecular weight excluding hydrogens is 450 g/mol. The molecule has 2 heterocycles. The molecule has 0 bridgehead atoms. The first-order valence-corrected chi connectivity index (χ1v) is 9.79. The van der Waals surface area contributed by atoms with E-state index in [4.69, 9.17) is 10.5 Å². The molecule has 2 aromatic rings. The number of aromatic nitrogens is 1. The van der Waals surface area contributed by atoms with Gasteiger partial charge >= 0.3 is 18.2 Å². The molecule has 178 valence electrons. The lowest BCUT2D eigenvalue weighted by molar-refractivity contribution is -0.905. The molecule has 0 spiro atoms. The number of hydrogen-bond acceptors (Lipinski definition) is 5. The highest BCUT2D eigenvalue weighted by Crippen LogP contribution is 2.49. The Morgan fingerprint density at radius 1 is 1.27 bits per heavy atom. The largest absolute Gasteiger partial charge is 0.431 e. The predicted molar refractivity (Wildman–Crippen MR) is 105 cm³/mol. The van der Waals surface area contributed by atoms with E-state index in [2.05, 4.69) is 10.1 Å². The summed E-state index contributed by atoms with van der Waals surface area (Å²) in [7, 11) is 0. The molecule has 0 aliphatic carbocycles. The van der Waals surface area contributed by atoms with Gasteiger partial charge in [0, 0.05) is 28.3 Å². The summed E-state index contributed by atoms with van der Waals surface area (Å²) in [4.78, 5) is 24.5. The van der Waals surface area contributed by atoms with Gasteiger partial charge in [-0.1, -0.05) is 13.0 Å². The van der Waals surface area contributed by atoms with Crippen LogP contribution in [0.2, 0.25) is 0 Å². The fourth-order valence-electron chi connectivity index (χ4n) is 3.84. The number of halogens is 4. The number of amides is 2. The zero-order valence-electron chi connectivity index (χ0n) is 17.8. The first-order valence-electron chi connectivity index (χ1n) is 9.79. The summed E-state index contributed by atoms with van der Waals surface area (Å²) >= 11 is 0. The van der Waals surface area contributed by atoms with E-state index in [0.717, 1.165) is 24.4 Å². The van der Waals surface area contributed by atoms with Crippen molar-refractivity contribution in [3.05, 3.63) is 53.4 Å². The van der Waals surface area contributed by atoms with Crippen molar-refractivity contribution in [2.45, 2.75) is 45.0 Å². The standard InChI is InChI=1S/C21H21F4N3O5/c1-9-14(11-4-5-12(22)15(23)16(11)32-20(24)25)17(33-21(9,2)3)19(30)27-10-6-7-28(31)13(8-10)18(26)29/h4-9,14,17,20,31H,1-3H3,(H2,26,29)/p+1/t9-,14+,17+/m1/s1. The van der Waals surface area contributed by atoms with E-state index < -0.39 is 59.4 Å². The van der Waals surface area contributed by atoms with E-state index in [0.29, 0.717) is 4.73 Å². The summed E-state index contributed by atoms with van der Waals surface area (Å²) in [6, 6.07) is 4.21. The van der Waals surface area contributed by atoms with Crippen molar-refractivity contribution in [2.75, 3.05) is 5.32 Å². The zero-order chi connectivity index (χ0) is 24.7. The summed E-state index contributed by atoms with van der Waals surface area (Å²) in [5.74, 6) is -7.23. The molecular formula is C21H22F4N3O5+. The third kappa shape index (κ3) is 4.70. The molecule has 3 atom stereocenters. The van der Waals surface area contributed by atoms with Crippen LogP contribution in [0.3, 0.4) is 0 Å². The second-order valence-electron chi connectivity index (χ2n) is 8.11. The number of hydrogen-bond donors (Lipinski definition) is 3. The van der Waals surface area contributed by atoms with Crippen molar-refractivity contribution in [3.8, 4) is 5.75 Å². The summed E-state index contributed by atoms with van der Waals surface area (Å²) < 4.78 is 64.6. The van der Waals surface area contributed by atoms with Gasteiger partial charge in [0.25, 0.3) is 5.91 Å². The van der Waals surface area contributed by atoms with Crippen LogP contribution in [0, 0.1) is 17.6 Å². The Hall–Kier alpha value is -3.41. The fourth-order valence-corrected chi connectivity index (χ4v) is 3.84. The molecule has 1 aliphatic heterocycles. The predicted octanol–water partition coefficient (Wildman–Crippen LogP) is 2.73. The van der Waals surface area contributed by atoms with Crippen molar-refractivity contribution in [3.63, 3.8) is 0 Å². The molecule has 3 rings (SSSR count). The number of benzene rings is 1. The molecule has 33 heavy (non-hydrogen) atoms. The second kappa shape index (κ2) is 8.85. The lowest BCUT2D eigenvalue weighted by atomic mass is 9.78. The molecule has 12 heteroatoms. The van der Waals surface area contributed by atoms with Crippen molar-refractivity contribution in [1.29, 1.82) is 0 Å². The molecule has 0 unspecified atom stereocenters. The average molecular weight is 472 g/mol. The first kappa shape index (κ1) is 24.2. The van der Waals surface area contributed by atoms with Crippen LogP contribution in [0.5, 0.6) is 5.75 Å². The van der Waals surface area contributed by atoms with E-state index >= 15 is 0 Å². The van der Waals surface area contributed by atoms with Crippen molar-refractivity contribution in [1.82, 2.24) is 0 Å². The van der Waals surface area contributed by atoms with Crippen molar-refractivity contribution in [2.24, 2.45) is 11.7 Å². The highest BCUT2D eigenvalue weighted by atomic mass is 19.3. The molecule has 1 aromatic carbocycles. The maximum atomic E-state index is 14.4. The number of carbonyl (C=O) groups is 2. The van der Waals surface area contributed by atoms with E-state index in [9.17, 15) is 32.4 Å². The lowest BCUT2D eigenvalue weighted by Crippen LogP contribution is -2.40. The summed E-state index contributed by atoms with van der Waals surface area (Å²) in [6.07, 6.45) is -0.252. The highest BCUT2D eigenvalue weighted by molar-refractivity contribution is 5.97. The number of anilines is 1. The van der Waals surface area contributed by atoms with Crippen LogP contribution in [0.25, 0.3) is 0 Å². The average Bonchev–Trinajstić information content (AvgIpc) is 2.96. The third-order valence-corrected chi connectivity index (χ3v) is 5.75. The van der Waals surface area contributed by atoms with Crippen LogP contribution in [0.1, 0.15) is 42.7 Å². The van der Waals surface area contributed by atoms with Gasteiger partial charge in [0.1, 0.15) is 6.10 Å². The number of nitrogens with two attached hydrogens (primary N) is 1. The van der Waals surface area contributed by atoms with Gasteiger partial charge in [0.2, 0.25) is 12.0 Å². The molecule has 8 nitrogen and oxygen atoms in total. The summed E-state index contributed by atoms with van der Waals surface area (Å²) in [6.45, 7) is 1.56. The Morgan fingerprint density at radius 3 is 2.55 bits per heavy atom. The Morgan fingerprint density at radius 2 is 1.94 bits per heavy atom. The molecule has 1 saturated heterocycles. The van der Waals surface area contributed by atoms with E-state index in [1.54, 1.807) is 20.8 Å². The van der Waals surface area contributed by atoms with Crippen molar-refractivity contribution < 1.29 is 46.6 Å². The molecule has 4 N–H and O–H groups in total.